The number of ketones is 1. The van der Waals surface area contributed by atoms with Gasteiger partial charge in [0.2, 0.25) is 0 Å². The molecule has 5 aromatic rings. The van der Waals surface area contributed by atoms with Crippen molar-refractivity contribution in [1.82, 2.24) is 0 Å². The van der Waals surface area contributed by atoms with Gasteiger partial charge in [-0.25, -0.2) is 0 Å². The topological polar surface area (TPSA) is 63.2 Å². The monoisotopic (exact) mass is 756 g/mol. The number of carbonyl (C=O) groups excluding carboxylic acids is 1. The summed E-state index contributed by atoms with van der Waals surface area (Å²) in [5.74, 6) is -0.0900. The van der Waals surface area contributed by atoms with Gasteiger partial charge in [-0.15, -0.1) is 0 Å². The van der Waals surface area contributed by atoms with E-state index in [2.05, 4.69) is 55.5 Å². The maximum Gasteiger partial charge on any atom is 0.174 e. The number of carbonyl (C=O) groups is 1. The van der Waals surface area contributed by atoms with E-state index >= 15 is 0 Å². The fraction of sp³-hybridized carbons (Fsp3) is 0.312. The van der Waals surface area contributed by atoms with E-state index < -0.39 is 35.9 Å². The highest BCUT2D eigenvalue weighted by Gasteiger charge is 2.56. The zero-order valence-electron chi connectivity index (χ0n) is 31.3. The van der Waals surface area contributed by atoms with Crippen LogP contribution in [0, 0.1) is 5.41 Å². The molecule has 0 N–H and O–H groups in total. The third-order valence-electron chi connectivity index (χ3n) is 10.6. The van der Waals surface area contributed by atoms with Gasteiger partial charge in [0.1, 0.15) is 24.4 Å². The van der Waals surface area contributed by atoms with Crippen LogP contribution in [0.3, 0.4) is 0 Å². The summed E-state index contributed by atoms with van der Waals surface area (Å²) in [7, 11) is 0. The van der Waals surface area contributed by atoms with Gasteiger partial charge in [-0.1, -0.05) is 170 Å². The van der Waals surface area contributed by atoms with Crippen LogP contribution in [-0.4, -0.2) is 42.9 Å². The van der Waals surface area contributed by atoms with Crippen LogP contribution in [0.5, 0.6) is 0 Å². The Morgan fingerprint density at radius 2 is 0.982 bits per heavy atom. The molecule has 7 rings (SSSR count). The molecule has 0 amide bonds. The molecule has 1 saturated heterocycles. The molecule has 0 saturated carbocycles. The minimum absolute atomic E-state index is 0.0900. The molecule has 7 heteroatoms. The second-order valence-electron chi connectivity index (χ2n) is 14.9. The maximum atomic E-state index is 13.9. The molecule has 5 aromatic carbocycles. The molecule has 1 fully saturated rings. The fourth-order valence-corrected chi connectivity index (χ4v) is 8.00. The summed E-state index contributed by atoms with van der Waals surface area (Å²) >= 11 is 6.84. The summed E-state index contributed by atoms with van der Waals surface area (Å²) in [5.41, 5.74) is 5.47. The molecule has 0 bridgehead atoms. The third kappa shape index (κ3) is 10.3. The minimum Gasteiger partial charge on any atom is -0.374 e. The number of hydrogen-bond acceptors (Lipinski definition) is 6. The normalized spacial score (nSPS) is 24.2. The van der Waals surface area contributed by atoms with Gasteiger partial charge in [0.25, 0.3) is 0 Å². The molecule has 6 unspecified atom stereocenters. The first-order chi connectivity index (χ1) is 26.9. The van der Waals surface area contributed by atoms with Crippen LogP contribution >= 0.6 is 11.6 Å². The van der Waals surface area contributed by atoms with Crippen LogP contribution in [0.1, 0.15) is 47.6 Å². The van der Waals surface area contributed by atoms with E-state index in [9.17, 15) is 4.79 Å². The molecule has 2 aliphatic rings. The lowest BCUT2D eigenvalue weighted by Gasteiger charge is -2.52. The van der Waals surface area contributed by atoms with Crippen LogP contribution in [0.4, 0.5) is 0 Å². The zero-order valence-corrected chi connectivity index (χ0v) is 32.1. The average molecular weight is 757 g/mol. The van der Waals surface area contributed by atoms with Gasteiger partial charge < -0.3 is 23.7 Å². The number of allylic oxidation sites excluding steroid dienone is 2. The van der Waals surface area contributed by atoms with E-state index in [0.717, 1.165) is 33.4 Å². The van der Waals surface area contributed by atoms with E-state index in [-0.39, 0.29) is 18.8 Å². The summed E-state index contributed by atoms with van der Waals surface area (Å²) in [6.45, 7) is 3.81. The molecular weight excluding hydrogens is 708 g/mol. The van der Waals surface area contributed by atoms with Crippen molar-refractivity contribution in [2.24, 2.45) is 5.41 Å². The van der Waals surface area contributed by atoms with E-state index in [1.807, 2.05) is 103 Å². The van der Waals surface area contributed by atoms with Crippen LogP contribution in [0.15, 0.2) is 162 Å². The van der Waals surface area contributed by atoms with Crippen molar-refractivity contribution in [2.45, 2.75) is 83.1 Å². The van der Waals surface area contributed by atoms with Crippen molar-refractivity contribution in [2.75, 3.05) is 6.61 Å². The predicted molar refractivity (Wildman–Crippen MR) is 215 cm³/mol. The number of benzene rings is 5. The SMILES string of the molecule is CC1(C2OC(COCc3ccccc3)C(OCc3ccccc3)C(OCc3ccccc3)C2OCc2ccccc2)CC(=O)C(Cl)=C(Cc2ccccc2)C1. The Hall–Kier alpha value is -4.40. The molecule has 1 aliphatic carbocycles. The van der Waals surface area contributed by atoms with E-state index in [0.29, 0.717) is 44.3 Å². The Balaban J connectivity index is 1.26. The van der Waals surface area contributed by atoms with Gasteiger partial charge in [0.15, 0.2) is 5.78 Å². The highest BCUT2D eigenvalue weighted by Crippen LogP contribution is 2.48. The lowest BCUT2D eigenvalue weighted by Crippen LogP contribution is -2.65. The number of rotatable bonds is 16. The number of hydrogen-bond donors (Lipinski definition) is 0. The first kappa shape index (κ1) is 38.9. The van der Waals surface area contributed by atoms with Crippen LogP contribution in [-0.2, 0) is 61.3 Å². The minimum atomic E-state index is -0.683. The number of halogens is 1. The molecule has 1 heterocycles. The average Bonchev–Trinajstić information content (AvgIpc) is 3.22. The molecule has 55 heavy (non-hydrogen) atoms. The zero-order chi connectivity index (χ0) is 37.9. The maximum absolute atomic E-state index is 13.9. The summed E-state index contributed by atoms with van der Waals surface area (Å²) in [5, 5.41) is 0.322. The summed E-state index contributed by atoms with van der Waals surface area (Å²) in [6.07, 6.45) is -1.53. The predicted octanol–water partition coefficient (Wildman–Crippen LogP) is 9.83. The Morgan fingerprint density at radius 3 is 1.47 bits per heavy atom. The first-order valence-corrected chi connectivity index (χ1v) is 19.5. The summed E-state index contributed by atoms with van der Waals surface area (Å²) in [4.78, 5) is 13.9. The Bertz CT molecular complexity index is 1960. The fourth-order valence-electron chi connectivity index (χ4n) is 7.80. The van der Waals surface area contributed by atoms with Crippen molar-refractivity contribution < 1.29 is 28.5 Å². The van der Waals surface area contributed by atoms with Gasteiger partial charge in [-0.05, 0) is 46.2 Å². The van der Waals surface area contributed by atoms with Crippen molar-refractivity contribution in [3.8, 4) is 0 Å². The highest BCUT2D eigenvalue weighted by molar-refractivity contribution is 6.43. The van der Waals surface area contributed by atoms with Gasteiger partial charge in [-0.2, -0.15) is 0 Å². The van der Waals surface area contributed by atoms with Crippen LogP contribution < -0.4 is 0 Å². The van der Waals surface area contributed by atoms with E-state index in [1.165, 1.54) is 0 Å². The second-order valence-corrected chi connectivity index (χ2v) is 15.3. The molecule has 6 atom stereocenters. The van der Waals surface area contributed by atoms with Gasteiger partial charge in [0.05, 0.1) is 44.2 Å². The number of ether oxygens (including phenoxy) is 5. The lowest BCUT2D eigenvalue weighted by atomic mass is 9.67. The molecule has 1 aliphatic heterocycles. The lowest BCUT2D eigenvalue weighted by molar-refractivity contribution is -0.292. The smallest absolute Gasteiger partial charge is 0.174 e. The molecule has 6 nitrogen and oxygen atoms in total. The Kier molecular flexibility index (Phi) is 13.4. The van der Waals surface area contributed by atoms with Crippen molar-refractivity contribution in [3.63, 3.8) is 0 Å². The van der Waals surface area contributed by atoms with Crippen molar-refractivity contribution in [3.05, 3.63) is 190 Å². The highest BCUT2D eigenvalue weighted by atomic mass is 35.5. The van der Waals surface area contributed by atoms with Crippen LogP contribution in [0.2, 0.25) is 0 Å². The summed E-state index contributed by atoms with van der Waals surface area (Å²) < 4.78 is 34.5. The third-order valence-corrected chi connectivity index (χ3v) is 11.0. The quantitative estimate of drug-likeness (QED) is 0.1000. The largest absolute Gasteiger partial charge is 0.374 e. The Labute approximate surface area is 330 Å². The molecular formula is C48H49ClO6. The first-order valence-electron chi connectivity index (χ1n) is 19.1. The molecule has 284 valence electrons. The van der Waals surface area contributed by atoms with Crippen molar-refractivity contribution >= 4 is 17.4 Å². The summed E-state index contributed by atoms with van der Waals surface area (Å²) in [6, 6.07) is 50.6. The Morgan fingerprint density at radius 1 is 0.564 bits per heavy atom. The number of Topliss-reactive ketones (excluding diaryl/α,β-unsaturated/α-hetero) is 1. The van der Waals surface area contributed by atoms with Gasteiger partial charge in [-0.3, -0.25) is 4.79 Å². The van der Waals surface area contributed by atoms with Gasteiger partial charge in [0, 0.05) is 11.8 Å². The van der Waals surface area contributed by atoms with E-state index in [4.69, 9.17) is 35.3 Å². The van der Waals surface area contributed by atoms with Crippen LogP contribution in [0.25, 0.3) is 0 Å². The second kappa shape index (κ2) is 19.0. The van der Waals surface area contributed by atoms with Gasteiger partial charge >= 0.3 is 0 Å². The standard InChI is InChI=1S/C48H49ClO6/c1-48(28-40(43(49)41(50)29-48)27-35-17-7-2-8-18-35)47-46(54-33-39-25-15-6-16-26-39)45(53-32-38-23-13-5-14-24-38)44(52-31-37-21-11-4-12-22-37)42(55-47)34-51-30-36-19-9-3-10-20-36/h2-26,42,44-47H,27-34H2,1H3. The molecule has 0 radical (unpaired) electrons. The van der Waals surface area contributed by atoms with E-state index in [1.54, 1.807) is 0 Å². The van der Waals surface area contributed by atoms with Crippen molar-refractivity contribution in [1.29, 1.82) is 0 Å². The molecule has 0 spiro atoms. The molecule has 0 aromatic heterocycles.